The number of ether oxygens (including phenoxy) is 1. The van der Waals surface area contributed by atoms with Gasteiger partial charge in [-0.25, -0.2) is 8.78 Å². The molecule has 0 unspecified atom stereocenters. The molecule has 94 valence electrons. The molecule has 0 fully saturated rings. The van der Waals surface area contributed by atoms with Gasteiger partial charge in [-0.15, -0.1) is 0 Å². The number of halogens is 2. The summed E-state index contributed by atoms with van der Waals surface area (Å²) < 4.78 is 32.1. The highest BCUT2D eigenvalue weighted by atomic mass is 19.1. The standard InChI is InChI=1S/C14H13F2NO/c1-9-7-10(5-6-12(9)15)18-14-4-2-3-13(16)11(14)8-17/h2-7H,8,17H2,1H3. The van der Waals surface area contributed by atoms with Crippen molar-refractivity contribution in [2.24, 2.45) is 5.73 Å². The molecule has 2 aromatic carbocycles. The molecule has 0 saturated heterocycles. The Morgan fingerprint density at radius 2 is 1.89 bits per heavy atom. The monoisotopic (exact) mass is 249 g/mol. The zero-order valence-corrected chi connectivity index (χ0v) is 9.91. The highest BCUT2D eigenvalue weighted by Crippen LogP contribution is 2.27. The second kappa shape index (κ2) is 5.14. The summed E-state index contributed by atoms with van der Waals surface area (Å²) in [5, 5.41) is 0. The molecule has 0 aliphatic heterocycles. The molecule has 0 heterocycles. The minimum atomic E-state index is -0.408. The molecule has 4 heteroatoms. The van der Waals surface area contributed by atoms with Gasteiger partial charge in [0.05, 0.1) is 0 Å². The lowest BCUT2D eigenvalue weighted by Crippen LogP contribution is -2.02. The third kappa shape index (κ3) is 2.49. The molecule has 0 bridgehead atoms. The van der Waals surface area contributed by atoms with Gasteiger partial charge in [-0.1, -0.05) is 6.07 Å². The van der Waals surface area contributed by atoms with Crippen molar-refractivity contribution < 1.29 is 13.5 Å². The van der Waals surface area contributed by atoms with Crippen molar-refractivity contribution in [3.05, 3.63) is 59.2 Å². The molecule has 2 aromatic rings. The van der Waals surface area contributed by atoms with E-state index < -0.39 is 5.82 Å². The summed E-state index contributed by atoms with van der Waals surface area (Å²) in [6.45, 7) is 1.68. The Hall–Kier alpha value is -1.94. The van der Waals surface area contributed by atoms with E-state index in [4.69, 9.17) is 10.5 Å². The first-order valence-corrected chi connectivity index (χ1v) is 5.53. The van der Waals surface area contributed by atoms with Crippen LogP contribution in [0.2, 0.25) is 0 Å². The molecule has 2 rings (SSSR count). The van der Waals surface area contributed by atoms with Crippen LogP contribution in [0.1, 0.15) is 11.1 Å². The van der Waals surface area contributed by atoms with Gasteiger partial charge in [0, 0.05) is 12.1 Å². The molecule has 0 spiro atoms. The topological polar surface area (TPSA) is 35.2 Å². The Morgan fingerprint density at radius 1 is 1.11 bits per heavy atom. The molecule has 2 N–H and O–H groups in total. The molecule has 0 saturated carbocycles. The van der Waals surface area contributed by atoms with Crippen molar-refractivity contribution in [1.82, 2.24) is 0 Å². The Kier molecular flexibility index (Phi) is 3.58. The summed E-state index contributed by atoms with van der Waals surface area (Å²) in [6.07, 6.45) is 0. The zero-order valence-electron chi connectivity index (χ0n) is 9.91. The predicted molar refractivity (Wildman–Crippen MR) is 65.5 cm³/mol. The van der Waals surface area contributed by atoms with Gasteiger partial charge in [0.1, 0.15) is 23.1 Å². The van der Waals surface area contributed by atoms with Crippen LogP contribution >= 0.6 is 0 Å². The SMILES string of the molecule is Cc1cc(Oc2cccc(F)c2CN)ccc1F. The minimum Gasteiger partial charge on any atom is -0.457 e. The quantitative estimate of drug-likeness (QED) is 0.903. The number of aryl methyl sites for hydroxylation is 1. The van der Waals surface area contributed by atoms with Gasteiger partial charge in [0.2, 0.25) is 0 Å². The molecule has 0 radical (unpaired) electrons. The van der Waals surface area contributed by atoms with Crippen molar-refractivity contribution in [1.29, 1.82) is 0 Å². The average molecular weight is 249 g/mol. The summed E-state index contributed by atoms with van der Waals surface area (Å²) in [7, 11) is 0. The molecule has 0 atom stereocenters. The fraction of sp³-hybridized carbons (Fsp3) is 0.143. The summed E-state index contributed by atoms with van der Waals surface area (Å²) in [5.74, 6) is 0.0900. The van der Waals surface area contributed by atoms with Crippen LogP contribution in [0, 0.1) is 18.6 Å². The highest BCUT2D eigenvalue weighted by molar-refractivity contribution is 5.39. The second-order valence-corrected chi connectivity index (χ2v) is 3.93. The van der Waals surface area contributed by atoms with Crippen LogP contribution in [-0.4, -0.2) is 0 Å². The molecule has 18 heavy (non-hydrogen) atoms. The lowest BCUT2D eigenvalue weighted by atomic mass is 10.2. The van der Waals surface area contributed by atoms with Gasteiger partial charge in [0.25, 0.3) is 0 Å². The fourth-order valence-electron chi connectivity index (χ4n) is 1.64. The Labute approximate surface area is 104 Å². The summed E-state index contributed by atoms with van der Waals surface area (Å²) in [5.41, 5.74) is 6.25. The van der Waals surface area contributed by atoms with E-state index in [9.17, 15) is 8.78 Å². The van der Waals surface area contributed by atoms with Crippen LogP contribution in [0.25, 0.3) is 0 Å². The van der Waals surface area contributed by atoms with Crippen LogP contribution < -0.4 is 10.5 Å². The number of rotatable bonds is 3. The first kappa shape index (κ1) is 12.5. The van der Waals surface area contributed by atoms with Gasteiger partial charge in [-0.2, -0.15) is 0 Å². The normalized spacial score (nSPS) is 10.4. The first-order chi connectivity index (χ1) is 8.61. The van der Waals surface area contributed by atoms with Crippen LogP contribution in [0.4, 0.5) is 8.78 Å². The van der Waals surface area contributed by atoms with Crippen LogP contribution in [0.5, 0.6) is 11.5 Å². The van der Waals surface area contributed by atoms with E-state index in [1.54, 1.807) is 25.1 Å². The Balaban J connectivity index is 2.34. The second-order valence-electron chi connectivity index (χ2n) is 3.93. The summed E-state index contributed by atoms with van der Waals surface area (Å²) in [4.78, 5) is 0. The number of hydrogen-bond donors (Lipinski definition) is 1. The third-order valence-electron chi connectivity index (χ3n) is 2.64. The number of benzene rings is 2. The van der Waals surface area contributed by atoms with Crippen molar-refractivity contribution in [2.45, 2.75) is 13.5 Å². The molecule has 2 nitrogen and oxygen atoms in total. The number of nitrogens with two attached hydrogens (primary N) is 1. The van der Waals surface area contributed by atoms with Crippen molar-refractivity contribution in [3.8, 4) is 11.5 Å². The summed E-state index contributed by atoms with van der Waals surface area (Å²) in [6, 6.07) is 8.86. The Morgan fingerprint density at radius 3 is 2.56 bits per heavy atom. The maximum Gasteiger partial charge on any atom is 0.134 e. The van der Waals surface area contributed by atoms with Crippen LogP contribution in [0.3, 0.4) is 0 Å². The van der Waals surface area contributed by atoms with Gasteiger partial charge >= 0.3 is 0 Å². The molecular formula is C14H13F2NO. The van der Waals surface area contributed by atoms with Crippen molar-refractivity contribution in [2.75, 3.05) is 0 Å². The van der Waals surface area contributed by atoms with E-state index in [2.05, 4.69) is 0 Å². The van der Waals surface area contributed by atoms with E-state index in [1.807, 2.05) is 0 Å². The van der Waals surface area contributed by atoms with Gasteiger partial charge < -0.3 is 10.5 Å². The summed E-state index contributed by atoms with van der Waals surface area (Å²) >= 11 is 0. The molecule has 0 amide bonds. The van der Waals surface area contributed by atoms with Gasteiger partial charge in [0.15, 0.2) is 0 Å². The maximum absolute atomic E-state index is 13.5. The smallest absolute Gasteiger partial charge is 0.134 e. The largest absolute Gasteiger partial charge is 0.457 e. The molecular weight excluding hydrogens is 236 g/mol. The van der Waals surface area contributed by atoms with Crippen molar-refractivity contribution in [3.63, 3.8) is 0 Å². The zero-order chi connectivity index (χ0) is 13.1. The lowest BCUT2D eigenvalue weighted by molar-refractivity contribution is 0.465. The molecule has 0 aromatic heterocycles. The Bertz CT molecular complexity index is 570. The van der Waals surface area contributed by atoms with Crippen LogP contribution in [-0.2, 0) is 6.54 Å². The number of hydrogen-bond acceptors (Lipinski definition) is 2. The van der Waals surface area contributed by atoms with E-state index in [0.29, 0.717) is 22.6 Å². The van der Waals surface area contributed by atoms with Crippen LogP contribution in [0.15, 0.2) is 36.4 Å². The predicted octanol–water partition coefficient (Wildman–Crippen LogP) is 3.52. The third-order valence-corrected chi connectivity index (χ3v) is 2.64. The van der Waals surface area contributed by atoms with E-state index in [1.165, 1.54) is 18.2 Å². The van der Waals surface area contributed by atoms with E-state index in [0.717, 1.165) is 0 Å². The van der Waals surface area contributed by atoms with Gasteiger partial charge in [-0.3, -0.25) is 0 Å². The molecule has 0 aliphatic carbocycles. The minimum absolute atomic E-state index is 0.0438. The van der Waals surface area contributed by atoms with E-state index in [-0.39, 0.29) is 12.4 Å². The van der Waals surface area contributed by atoms with Gasteiger partial charge in [-0.05, 0) is 42.8 Å². The highest BCUT2D eigenvalue weighted by Gasteiger charge is 2.09. The maximum atomic E-state index is 13.5. The average Bonchev–Trinajstić information content (AvgIpc) is 2.34. The molecule has 0 aliphatic rings. The fourth-order valence-corrected chi connectivity index (χ4v) is 1.64. The van der Waals surface area contributed by atoms with Crippen molar-refractivity contribution >= 4 is 0 Å². The van der Waals surface area contributed by atoms with E-state index >= 15 is 0 Å². The lowest BCUT2D eigenvalue weighted by Gasteiger charge is -2.11. The first-order valence-electron chi connectivity index (χ1n) is 5.53.